The first-order chi connectivity index (χ1) is 12.8. The average molecular weight is 412 g/mol. The number of amides is 1. The molecule has 27 heavy (non-hydrogen) atoms. The van der Waals surface area contributed by atoms with Crippen molar-refractivity contribution in [3.05, 3.63) is 41.1 Å². The van der Waals surface area contributed by atoms with Gasteiger partial charge in [-0.3, -0.25) is 4.79 Å². The summed E-state index contributed by atoms with van der Waals surface area (Å²) in [6, 6.07) is 7.96. The second-order valence-corrected chi connectivity index (χ2v) is 8.81. The van der Waals surface area contributed by atoms with Crippen molar-refractivity contribution in [1.82, 2.24) is 4.90 Å². The molecule has 0 atom stereocenters. The molecule has 1 aromatic heterocycles. The van der Waals surface area contributed by atoms with Crippen molar-refractivity contribution in [1.29, 1.82) is 0 Å². The van der Waals surface area contributed by atoms with Crippen LogP contribution in [-0.4, -0.2) is 58.2 Å². The number of furan rings is 1. The maximum Gasteiger partial charge on any atom is 0.291 e. The Morgan fingerprint density at radius 1 is 1.19 bits per heavy atom. The van der Waals surface area contributed by atoms with E-state index < -0.39 is 15.7 Å². The van der Waals surface area contributed by atoms with Crippen LogP contribution in [0.5, 0.6) is 0 Å². The number of anilines is 2. The monoisotopic (exact) mass is 411 g/mol. The van der Waals surface area contributed by atoms with E-state index in [9.17, 15) is 13.2 Å². The number of piperazine rings is 1. The first kappa shape index (κ1) is 19.7. The normalized spacial score (nSPS) is 15.7. The van der Waals surface area contributed by atoms with Crippen molar-refractivity contribution in [3.8, 4) is 0 Å². The highest BCUT2D eigenvalue weighted by molar-refractivity contribution is 7.90. The van der Waals surface area contributed by atoms with E-state index in [1.54, 1.807) is 12.1 Å². The maximum atomic E-state index is 12.5. The predicted molar refractivity (Wildman–Crippen MR) is 106 cm³/mol. The molecular formula is C18H22ClN3O4S. The van der Waals surface area contributed by atoms with Crippen LogP contribution in [0.2, 0.25) is 5.02 Å². The number of likely N-dealkylation sites (N-methyl/N-ethyl adjacent to an activating group) is 1. The third-order valence-corrected chi connectivity index (χ3v) is 5.72. The molecular weight excluding hydrogens is 390 g/mol. The lowest BCUT2D eigenvalue weighted by Crippen LogP contribution is -2.46. The Hall–Kier alpha value is -2.03. The highest BCUT2D eigenvalue weighted by Crippen LogP contribution is 2.30. The standard InChI is InChI=1S/C18H22ClN3O4S/c1-3-21-8-10-22(11-9-21)15-5-4-13(19)12-14(15)20-18(23)16-6-7-17(26-16)27(2,24)25/h4-7,12H,3,8-11H2,1-2H3,(H,20,23). The number of hydrogen-bond acceptors (Lipinski definition) is 6. The molecule has 2 aromatic rings. The molecule has 1 aliphatic heterocycles. The van der Waals surface area contributed by atoms with E-state index in [4.69, 9.17) is 16.0 Å². The van der Waals surface area contributed by atoms with Crippen LogP contribution < -0.4 is 10.2 Å². The lowest BCUT2D eigenvalue weighted by atomic mass is 10.2. The minimum Gasteiger partial charge on any atom is -0.440 e. The van der Waals surface area contributed by atoms with Gasteiger partial charge in [0.25, 0.3) is 5.91 Å². The average Bonchev–Trinajstić information content (AvgIpc) is 3.13. The molecule has 1 fully saturated rings. The van der Waals surface area contributed by atoms with Gasteiger partial charge in [0.15, 0.2) is 5.76 Å². The minimum atomic E-state index is -3.51. The van der Waals surface area contributed by atoms with E-state index in [1.807, 2.05) is 6.07 Å². The van der Waals surface area contributed by atoms with Gasteiger partial charge in [-0.15, -0.1) is 0 Å². The number of rotatable bonds is 5. The summed E-state index contributed by atoms with van der Waals surface area (Å²) in [5.41, 5.74) is 1.44. The van der Waals surface area contributed by atoms with Crippen LogP contribution in [0.1, 0.15) is 17.5 Å². The van der Waals surface area contributed by atoms with Gasteiger partial charge in [-0.1, -0.05) is 18.5 Å². The third-order valence-electron chi connectivity index (χ3n) is 4.54. The summed E-state index contributed by atoms with van der Waals surface area (Å²) in [5.74, 6) is -0.599. The molecule has 0 radical (unpaired) electrons. The van der Waals surface area contributed by atoms with Crippen LogP contribution in [0, 0.1) is 0 Å². The van der Waals surface area contributed by atoms with Gasteiger partial charge in [0, 0.05) is 37.5 Å². The molecule has 2 heterocycles. The summed E-state index contributed by atoms with van der Waals surface area (Å²) in [7, 11) is -3.51. The number of carbonyl (C=O) groups is 1. The van der Waals surface area contributed by atoms with E-state index in [2.05, 4.69) is 22.0 Å². The number of nitrogens with zero attached hydrogens (tertiary/aromatic N) is 2. The first-order valence-corrected chi connectivity index (χ1v) is 10.9. The predicted octanol–water partition coefficient (Wildman–Crippen LogP) is 2.73. The van der Waals surface area contributed by atoms with Crippen molar-refractivity contribution < 1.29 is 17.6 Å². The number of carbonyl (C=O) groups excluding carboxylic acids is 1. The largest absolute Gasteiger partial charge is 0.440 e. The fourth-order valence-corrected chi connectivity index (χ4v) is 3.74. The molecule has 0 aliphatic carbocycles. The smallest absolute Gasteiger partial charge is 0.291 e. The van der Waals surface area contributed by atoms with Crippen molar-refractivity contribution in [3.63, 3.8) is 0 Å². The van der Waals surface area contributed by atoms with Crippen LogP contribution >= 0.6 is 11.6 Å². The molecule has 7 nitrogen and oxygen atoms in total. The van der Waals surface area contributed by atoms with Crippen LogP contribution in [0.3, 0.4) is 0 Å². The Kier molecular flexibility index (Phi) is 5.78. The highest BCUT2D eigenvalue weighted by atomic mass is 35.5. The van der Waals surface area contributed by atoms with E-state index in [-0.39, 0.29) is 10.9 Å². The Balaban J connectivity index is 1.81. The molecule has 0 spiro atoms. The molecule has 0 unspecified atom stereocenters. The molecule has 1 amide bonds. The van der Waals surface area contributed by atoms with Crippen molar-refractivity contribution in [2.75, 3.05) is 49.2 Å². The molecule has 1 aromatic carbocycles. The van der Waals surface area contributed by atoms with E-state index in [1.165, 1.54) is 12.1 Å². The molecule has 146 valence electrons. The molecule has 1 saturated heterocycles. The highest BCUT2D eigenvalue weighted by Gasteiger charge is 2.21. The number of hydrogen-bond donors (Lipinski definition) is 1. The van der Waals surface area contributed by atoms with Gasteiger partial charge in [0.1, 0.15) is 0 Å². The lowest BCUT2D eigenvalue weighted by Gasteiger charge is -2.36. The second kappa shape index (κ2) is 7.92. The van der Waals surface area contributed by atoms with Gasteiger partial charge >= 0.3 is 0 Å². The summed E-state index contributed by atoms with van der Waals surface area (Å²) in [4.78, 5) is 17.1. The van der Waals surface area contributed by atoms with Crippen LogP contribution in [0.4, 0.5) is 11.4 Å². The Labute approximate surface area is 163 Å². The van der Waals surface area contributed by atoms with Gasteiger partial charge in [0.2, 0.25) is 14.9 Å². The Bertz CT molecular complexity index is 934. The Morgan fingerprint density at radius 3 is 2.48 bits per heavy atom. The molecule has 3 rings (SSSR count). The number of nitrogens with one attached hydrogen (secondary N) is 1. The first-order valence-electron chi connectivity index (χ1n) is 8.66. The van der Waals surface area contributed by atoms with Gasteiger partial charge < -0.3 is 19.5 Å². The topological polar surface area (TPSA) is 82.9 Å². The summed E-state index contributed by atoms with van der Waals surface area (Å²) in [6.07, 6.45) is 1.03. The summed E-state index contributed by atoms with van der Waals surface area (Å²) < 4.78 is 28.2. The number of benzene rings is 1. The van der Waals surface area contributed by atoms with Crippen LogP contribution in [-0.2, 0) is 9.84 Å². The zero-order valence-corrected chi connectivity index (χ0v) is 16.8. The Morgan fingerprint density at radius 2 is 1.89 bits per heavy atom. The molecule has 0 bridgehead atoms. The summed E-state index contributed by atoms with van der Waals surface area (Å²) in [5, 5.41) is 3.04. The summed E-state index contributed by atoms with van der Waals surface area (Å²) >= 11 is 6.11. The second-order valence-electron chi connectivity index (χ2n) is 6.43. The summed E-state index contributed by atoms with van der Waals surface area (Å²) in [6.45, 7) is 6.73. The van der Waals surface area contributed by atoms with Gasteiger partial charge in [-0.25, -0.2) is 8.42 Å². The van der Waals surface area contributed by atoms with Crippen LogP contribution in [0.25, 0.3) is 0 Å². The zero-order chi connectivity index (χ0) is 19.6. The molecule has 1 N–H and O–H groups in total. The molecule has 1 aliphatic rings. The van der Waals surface area contributed by atoms with Crippen molar-refractivity contribution in [2.45, 2.75) is 12.0 Å². The van der Waals surface area contributed by atoms with Crippen LogP contribution in [0.15, 0.2) is 39.8 Å². The number of sulfone groups is 1. The fourth-order valence-electron chi connectivity index (χ4n) is 3.01. The quantitative estimate of drug-likeness (QED) is 0.814. The molecule has 9 heteroatoms. The number of halogens is 1. The SMILES string of the molecule is CCN1CCN(c2ccc(Cl)cc2NC(=O)c2ccc(S(C)(=O)=O)o2)CC1. The van der Waals surface area contributed by atoms with Gasteiger partial charge in [-0.05, 0) is 36.9 Å². The van der Waals surface area contributed by atoms with E-state index in [0.29, 0.717) is 10.7 Å². The minimum absolute atomic E-state index is 0.0721. The maximum absolute atomic E-state index is 12.5. The van der Waals surface area contributed by atoms with Gasteiger partial charge in [-0.2, -0.15) is 0 Å². The third kappa shape index (κ3) is 4.63. The van der Waals surface area contributed by atoms with Crippen molar-refractivity contribution in [2.24, 2.45) is 0 Å². The lowest BCUT2D eigenvalue weighted by molar-refractivity contribution is 0.0991. The molecule has 0 saturated carbocycles. The van der Waals surface area contributed by atoms with E-state index >= 15 is 0 Å². The van der Waals surface area contributed by atoms with Crippen molar-refractivity contribution >= 4 is 38.7 Å². The van der Waals surface area contributed by atoms with Gasteiger partial charge in [0.05, 0.1) is 11.4 Å². The zero-order valence-electron chi connectivity index (χ0n) is 15.2. The fraction of sp³-hybridized carbons (Fsp3) is 0.389. The van der Waals surface area contributed by atoms with E-state index in [0.717, 1.165) is 44.7 Å².